The second-order valence-corrected chi connectivity index (χ2v) is 14.6. The third kappa shape index (κ3) is 5.51. The average molecular weight is 730 g/mol. The van der Waals surface area contributed by atoms with Crippen LogP contribution in [0.4, 0.5) is 17.1 Å². The molecule has 0 fully saturated rings. The van der Waals surface area contributed by atoms with Gasteiger partial charge in [0.2, 0.25) is 0 Å². The van der Waals surface area contributed by atoms with Crippen LogP contribution in [0.25, 0.3) is 99.1 Å². The zero-order valence-corrected chi connectivity index (χ0v) is 31.3. The van der Waals surface area contributed by atoms with Gasteiger partial charge in [-0.15, -0.1) is 0 Å². The fourth-order valence-corrected chi connectivity index (χ4v) is 8.97. The van der Waals surface area contributed by atoms with Gasteiger partial charge in [-0.2, -0.15) is 0 Å². The van der Waals surface area contributed by atoms with Crippen LogP contribution in [0, 0.1) is 0 Å². The number of fused-ring (bicyclic) bond motifs is 6. The van der Waals surface area contributed by atoms with Gasteiger partial charge >= 0.3 is 0 Å². The van der Waals surface area contributed by atoms with E-state index < -0.39 is 0 Å². The quantitative estimate of drug-likeness (QED) is 0.118. The molecule has 57 heavy (non-hydrogen) atoms. The fourth-order valence-electron chi connectivity index (χ4n) is 8.97. The maximum absolute atomic E-state index is 7.78. The summed E-state index contributed by atoms with van der Waals surface area (Å²) in [6, 6.07) is 69.9. The van der Waals surface area contributed by atoms with Gasteiger partial charge in [0.25, 0.3) is 0 Å². The molecule has 10 aromatic carbocycles. The second kappa shape index (κ2) is 13.9. The summed E-state index contributed by atoms with van der Waals surface area (Å²) in [6.45, 7) is 0. The van der Waals surface area contributed by atoms with E-state index in [1.165, 1.54) is 0 Å². The number of nitrogens with two attached hydrogens (primary N) is 3. The highest BCUT2D eigenvalue weighted by Crippen LogP contribution is 2.58. The number of benzene rings is 10. The molecule has 3 nitrogen and oxygen atoms in total. The Bertz CT molecular complexity index is 3090. The van der Waals surface area contributed by atoms with Crippen molar-refractivity contribution >= 4 is 49.4 Å². The minimum Gasteiger partial charge on any atom is -0.399 e. The van der Waals surface area contributed by atoms with E-state index in [2.05, 4.69) is 194 Å². The second-order valence-electron chi connectivity index (χ2n) is 14.6. The van der Waals surface area contributed by atoms with Gasteiger partial charge in [-0.25, -0.2) is 0 Å². The smallest absolute Gasteiger partial charge is 0.0486 e. The summed E-state index contributed by atoms with van der Waals surface area (Å²) >= 11 is 0. The van der Waals surface area contributed by atoms with Gasteiger partial charge in [0, 0.05) is 66.6 Å². The molecule has 270 valence electrons. The van der Waals surface area contributed by atoms with Crippen LogP contribution in [0.3, 0.4) is 0 Å². The third-order valence-corrected chi connectivity index (χ3v) is 11.3. The Kier molecular flexibility index (Phi) is 8.27. The molecule has 0 aliphatic heterocycles. The molecule has 0 spiro atoms. The van der Waals surface area contributed by atoms with Crippen molar-refractivity contribution in [2.45, 2.75) is 0 Å². The Balaban J connectivity index is 1.63. The number of hydrogen-bond acceptors (Lipinski definition) is 3. The molecule has 0 aliphatic carbocycles. The van der Waals surface area contributed by atoms with Crippen molar-refractivity contribution < 1.29 is 0 Å². The van der Waals surface area contributed by atoms with E-state index in [0.29, 0.717) is 17.1 Å². The van der Waals surface area contributed by atoms with Crippen LogP contribution in [0.5, 0.6) is 0 Å². The Hall–Kier alpha value is -7.62. The summed E-state index contributed by atoms with van der Waals surface area (Å²) in [4.78, 5) is 0. The molecule has 0 heterocycles. The molecule has 0 aromatic heterocycles. The summed E-state index contributed by atoms with van der Waals surface area (Å²) in [5.74, 6) is 0. The number of anilines is 3. The van der Waals surface area contributed by atoms with Gasteiger partial charge in [-0.3, -0.25) is 0 Å². The lowest BCUT2D eigenvalue weighted by Gasteiger charge is -2.28. The SMILES string of the molecule is Nc1ccc2c(c1)c1c(-c3ccccc3)c(N)c(-c3ccccc3)c(-c3ccccc3)c1c1c(-c3ccccc3)c(N)c(-c3ccccc3)c(-c3ccccc3)c21. The van der Waals surface area contributed by atoms with Gasteiger partial charge in [0.15, 0.2) is 0 Å². The van der Waals surface area contributed by atoms with Crippen molar-refractivity contribution in [3.05, 3.63) is 200 Å². The Morgan fingerprint density at radius 2 is 0.509 bits per heavy atom. The van der Waals surface area contributed by atoms with Gasteiger partial charge in [-0.1, -0.05) is 188 Å². The lowest BCUT2D eigenvalue weighted by molar-refractivity contribution is 1.58. The van der Waals surface area contributed by atoms with Crippen LogP contribution in [0.2, 0.25) is 0 Å². The first kappa shape index (κ1) is 33.9. The molecule has 0 bridgehead atoms. The molecule has 10 aromatic rings. The predicted octanol–water partition coefficient (Wildman–Crippen LogP) is 13.9. The lowest BCUT2D eigenvalue weighted by Crippen LogP contribution is -2.04. The van der Waals surface area contributed by atoms with E-state index in [9.17, 15) is 0 Å². The maximum Gasteiger partial charge on any atom is 0.0486 e. The molecule has 6 N–H and O–H groups in total. The van der Waals surface area contributed by atoms with E-state index in [-0.39, 0.29) is 0 Å². The summed E-state index contributed by atoms with van der Waals surface area (Å²) in [6.07, 6.45) is 0. The van der Waals surface area contributed by atoms with E-state index in [4.69, 9.17) is 17.2 Å². The van der Waals surface area contributed by atoms with Crippen LogP contribution >= 0.6 is 0 Å². The summed E-state index contributed by atoms with van der Waals surface area (Å²) < 4.78 is 0. The highest BCUT2D eigenvalue weighted by atomic mass is 14.6. The minimum atomic E-state index is 0.678. The third-order valence-electron chi connectivity index (χ3n) is 11.3. The van der Waals surface area contributed by atoms with Crippen molar-refractivity contribution in [1.29, 1.82) is 0 Å². The molecule has 0 amide bonds. The molecule has 0 saturated carbocycles. The molecule has 10 rings (SSSR count). The Labute approximate surface area is 332 Å². The monoisotopic (exact) mass is 729 g/mol. The first-order chi connectivity index (χ1) is 28.1. The van der Waals surface area contributed by atoms with Crippen LogP contribution in [0.1, 0.15) is 0 Å². The van der Waals surface area contributed by atoms with Crippen LogP contribution < -0.4 is 17.2 Å². The van der Waals surface area contributed by atoms with Crippen molar-refractivity contribution in [1.82, 2.24) is 0 Å². The van der Waals surface area contributed by atoms with E-state index in [1.807, 2.05) is 6.07 Å². The molecule has 0 unspecified atom stereocenters. The van der Waals surface area contributed by atoms with Gasteiger partial charge < -0.3 is 17.2 Å². The molecule has 0 saturated heterocycles. The highest BCUT2D eigenvalue weighted by Gasteiger charge is 2.30. The first-order valence-electron chi connectivity index (χ1n) is 19.3. The zero-order chi connectivity index (χ0) is 38.5. The molecule has 0 atom stereocenters. The fraction of sp³-hybridized carbons (Fsp3) is 0. The molecular weight excluding hydrogens is 691 g/mol. The van der Waals surface area contributed by atoms with Crippen LogP contribution in [-0.4, -0.2) is 0 Å². The van der Waals surface area contributed by atoms with Crippen LogP contribution in [0.15, 0.2) is 200 Å². The molecule has 3 heteroatoms. The van der Waals surface area contributed by atoms with Crippen molar-refractivity contribution in [3.8, 4) is 66.8 Å². The summed E-state index contributed by atoms with van der Waals surface area (Å²) in [5, 5.41) is 6.38. The van der Waals surface area contributed by atoms with Crippen molar-refractivity contribution in [3.63, 3.8) is 0 Å². The normalized spacial score (nSPS) is 11.4. The van der Waals surface area contributed by atoms with Gasteiger partial charge in [-0.05, 0) is 61.7 Å². The molecular formula is C54H39N3. The predicted molar refractivity (Wildman–Crippen MR) is 245 cm³/mol. The number of rotatable bonds is 6. The largest absolute Gasteiger partial charge is 0.399 e. The Morgan fingerprint density at radius 3 is 0.895 bits per heavy atom. The maximum atomic E-state index is 7.78. The molecule has 0 radical (unpaired) electrons. The number of nitrogen functional groups attached to an aromatic ring is 3. The highest BCUT2D eigenvalue weighted by molar-refractivity contribution is 6.40. The summed E-state index contributed by atoms with van der Waals surface area (Å²) in [7, 11) is 0. The van der Waals surface area contributed by atoms with Crippen LogP contribution in [-0.2, 0) is 0 Å². The van der Waals surface area contributed by atoms with E-state index in [0.717, 1.165) is 99.1 Å². The summed E-state index contributed by atoms with van der Waals surface area (Å²) in [5.41, 5.74) is 36.7. The van der Waals surface area contributed by atoms with E-state index >= 15 is 0 Å². The van der Waals surface area contributed by atoms with Gasteiger partial charge in [0.05, 0.1) is 0 Å². The standard InChI is InChI=1S/C54H39N3/c55-40-31-32-41-42(33-40)50-47(38-27-15-5-16-28-38)53(56)46(37-25-13-4-14-26-37)44(35-21-9-2-10-22-35)51(50)52-48(39-29-17-6-18-30-39)54(57)45(36-23-11-3-12-24-36)43(49(41)52)34-19-7-1-8-20-34/h1-33H,55-57H2. The van der Waals surface area contributed by atoms with E-state index in [1.54, 1.807) is 0 Å². The molecule has 0 aliphatic rings. The Morgan fingerprint density at radius 1 is 0.228 bits per heavy atom. The van der Waals surface area contributed by atoms with Crippen molar-refractivity contribution in [2.24, 2.45) is 0 Å². The van der Waals surface area contributed by atoms with Crippen molar-refractivity contribution in [2.75, 3.05) is 17.2 Å². The lowest BCUT2D eigenvalue weighted by atomic mass is 9.75. The number of hydrogen-bond donors (Lipinski definition) is 3. The zero-order valence-electron chi connectivity index (χ0n) is 31.3. The van der Waals surface area contributed by atoms with Gasteiger partial charge in [0.1, 0.15) is 0 Å². The topological polar surface area (TPSA) is 78.1 Å². The average Bonchev–Trinajstić information content (AvgIpc) is 3.27. The first-order valence-corrected chi connectivity index (χ1v) is 19.3. The minimum absolute atomic E-state index is 0.678.